The SMILES string of the molecule is CN=C(NCCN1CCOCC1)NCc1cc(Br)ccc1F. The zero-order valence-electron chi connectivity index (χ0n) is 12.7. The Morgan fingerprint density at radius 1 is 1.36 bits per heavy atom. The molecule has 0 aliphatic carbocycles. The van der Waals surface area contributed by atoms with Crippen molar-refractivity contribution in [2.24, 2.45) is 4.99 Å². The maximum Gasteiger partial charge on any atom is 0.191 e. The standard InChI is InChI=1S/C15H22BrFN4O/c1-18-15(19-4-5-21-6-8-22-9-7-21)20-11-12-10-13(16)2-3-14(12)17/h2-3,10H,4-9,11H2,1H3,(H2,18,19,20). The Morgan fingerprint density at radius 2 is 2.14 bits per heavy atom. The number of hydrogen-bond donors (Lipinski definition) is 2. The van der Waals surface area contributed by atoms with Crippen molar-refractivity contribution in [2.75, 3.05) is 46.4 Å². The Hall–Kier alpha value is -1.18. The highest BCUT2D eigenvalue weighted by molar-refractivity contribution is 9.10. The molecule has 1 fully saturated rings. The molecule has 0 bridgehead atoms. The number of halogens is 2. The summed E-state index contributed by atoms with van der Waals surface area (Å²) in [5, 5.41) is 6.37. The minimum atomic E-state index is -0.223. The third-order valence-corrected chi connectivity index (χ3v) is 4.00. The summed E-state index contributed by atoms with van der Waals surface area (Å²) in [5.74, 6) is 0.451. The highest BCUT2D eigenvalue weighted by Gasteiger charge is 2.10. The van der Waals surface area contributed by atoms with E-state index >= 15 is 0 Å². The molecule has 0 atom stereocenters. The molecule has 0 radical (unpaired) electrons. The van der Waals surface area contributed by atoms with Crippen LogP contribution in [0.15, 0.2) is 27.7 Å². The van der Waals surface area contributed by atoms with Crippen LogP contribution in [0.1, 0.15) is 5.56 Å². The van der Waals surface area contributed by atoms with Gasteiger partial charge in [0.2, 0.25) is 0 Å². The first-order chi connectivity index (χ1) is 10.7. The fourth-order valence-corrected chi connectivity index (χ4v) is 2.64. The van der Waals surface area contributed by atoms with E-state index in [2.05, 4.69) is 36.5 Å². The van der Waals surface area contributed by atoms with Gasteiger partial charge in [0.15, 0.2) is 5.96 Å². The number of rotatable bonds is 5. The van der Waals surface area contributed by atoms with Gasteiger partial charge in [-0.05, 0) is 18.2 Å². The summed E-state index contributed by atoms with van der Waals surface area (Å²) in [6, 6.07) is 4.91. The predicted molar refractivity (Wildman–Crippen MR) is 89.6 cm³/mol. The van der Waals surface area contributed by atoms with Gasteiger partial charge in [0, 0.05) is 49.8 Å². The molecule has 1 heterocycles. The minimum absolute atomic E-state index is 0.223. The van der Waals surface area contributed by atoms with Crippen molar-refractivity contribution in [3.63, 3.8) is 0 Å². The largest absolute Gasteiger partial charge is 0.379 e. The van der Waals surface area contributed by atoms with Crippen molar-refractivity contribution in [1.82, 2.24) is 15.5 Å². The minimum Gasteiger partial charge on any atom is -0.379 e. The Morgan fingerprint density at radius 3 is 2.86 bits per heavy atom. The lowest BCUT2D eigenvalue weighted by atomic mass is 10.2. The summed E-state index contributed by atoms with van der Waals surface area (Å²) in [6.45, 7) is 5.66. The number of aliphatic imine (C=N–C) groups is 1. The Labute approximate surface area is 139 Å². The van der Waals surface area contributed by atoms with Crippen molar-refractivity contribution in [2.45, 2.75) is 6.54 Å². The molecular formula is C15H22BrFN4O. The van der Waals surface area contributed by atoms with Crippen LogP contribution < -0.4 is 10.6 Å². The quantitative estimate of drug-likeness (QED) is 0.608. The molecule has 2 N–H and O–H groups in total. The fraction of sp³-hybridized carbons (Fsp3) is 0.533. The maximum absolute atomic E-state index is 13.7. The Bertz CT molecular complexity index is 506. The first-order valence-corrected chi connectivity index (χ1v) is 8.17. The number of nitrogens with zero attached hydrogens (tertiary/aromatic N) is 2. The van der Waals surface area contributed by atoms with Crippen molar-refractivity contribution in [3.05, 3.63) is 34.1 Å². The van der Waals surface area contributed by atoms with Gasteiger partial charge in [-0.1, -0.05) is 15.9 Å². The van der Waals surface area contributed by atoms with Gasteiger partial charge >= 0.3 is 0 Å². The van der Waals surface area contributed by atoms with Gasteiger partial charge in [0.05, 0.1) is 13.2 Å². The molecule has 22 heavy (non-hydrogen) atoms. The van der Waals surface area contributed by atoms with Gasteiger partial charge in [-0.3, -0.25) is 9.89 Å². The molecule has 5 nitrogen and oxygen atoms in total. The van der Waals surface area contributed by atoms with Crippen LogP contribution in [-0.2, 0) is 11.3 Å². The van der Waals surface area contributed by atoms with Crippen LogP contribution in [0.3, 0.4) is 0 Å². The number of ether oxygens (including phenoxy) is 1. The molecule has 0 unspecified atom stereocenters. The van der Waals surface area contributed by atoms with Crippen LogP contribution in [0, 0.1) is 5.82 Å². The normalized spacial score (nSPS) is 16.6. The highest BCUT2D eigenvalue weighted by Crippen LogP contribution is 2.15. The van der Waals surface area contributed by atoms with Gasteiger partial charge in [0.25, 0.3) is 0 Å². The summed E-state index contributed by atoms with van der Waals surface area (Å²) in [7, 11) is 1.71. The van der Waals surface area contributed by atoms with E-state index < -0.39 is 0 Å². The topological polar surface area (TPSA) is 48.9 Å². The second kappa shape index (κ2) is 9.07. The first kappa shape index (κ1) is 17.2. The van der Waals surface area contributed by atoms with Crippen LogP contribution in [-0.4, -0.2) is 57.3 Å². The average Bonchev–Trinajstić information content (AvgIpc) is 2.54. The molecule has 0 amide bonds. The van der Waals surface area contributed by atoms with Gasteiger partial charge in [-0.15, -0.1) is 0 Å². The smallest absolute Gasteiger partial charge is 0.191 e. The number of nitrogens with one attached hydrogen (secondary N) is 2. The molecule has 1 aliphatic heterocycles. The Balaban J connectivity index is 1.74. The zero-order valence-corrected chi connectivity index (χ0v) is 14.3. The number of morpholine rings is 1. The van der Waals surface area contributed by atoms with Crippen LogP contribution in [0.2, 0.25) is 0 Å². The molecule has 1 aromatic rings. The van der Waals surface area contributed by atoms with Gasteiger partial charge in [-0.25, -0.2) is 4.39 Å². The summed E-state index contributed by atoms with van der Waals surface area (Å²) in [5.41, 5.74) is 0.602. The third-order valence-electron chi connectivity index (χ3n) is 3.50. The molecule has 0 spiro atoms. The number of benzene rings is 1. The summed E-state index contributed by atoms with van der Waals surface area (Å²) < 4.78 is 19.9. The molecule has 0 aromatic heterocycles. The van der Waals surface area contributed by atoms with E-state index in [0.717, 1.165) is 43.9 Å². The number of guanidine groups is 1. The lowest BCUT2D eigenvalue weighted by Gasteiger charge is -2.26. The van der Waals surface area contributed by atoms with Crippen LogP contribution in [0.4, 0.5) is 4.39 Å². The lowest BCUT2D eigenvalue weighted by Crippen LogP contribution is -2.44. The molecule has 1 aromatic carbocycles. The molecular weight excluding hydrogens is 351 g/mol. The van der Waals surface area contributed by atoms with E-state index in [1.54, 1.807) is 19.2 Å². The second-order valence-corrected chi connectivity index (χ2v) is 5.96. The zero-order chi connectivity index (χ0) is 15.8. The monoisotopic (exact) mass is 372 g/mol. The van der Waals surface area contributed by atoms with Crippen molar-refractivity contribution in [3.8, 4) is 0 Å². The lowest BCUT2D eigenvalue weighted by molar-refractivity contribution is 0.0389. The van der Waals surface area contributed by atoms with E-state index in [9.17, 15) is 4.39 Å². The third kappa shape index (κ3) is 5.55. The van der Waals surface area contributed by atoms with E-state index in [0.29, 0.717) is 18.1 Å². The summed E-state index contributed by atoms with van der Waals surface area (Å²) >= 11 is 3.35. The van der Waals surface area contributed by atoms with Crippen molar-refractivity contribution in [1.29, 1.82) is 0 Å². The number of hydrogen-bond acceptors (Lipinski definition) is 3. The maximum atomic E-state index is 13.7. The van der Waals surface area contributed by atoms with Crippen molar-refractivity contribution >= 4 is 21.9 Å². The van der Waals surface area contributed by atoms with E-state index in [4.69, 9.17) is 4.74 Å². The fourth-order valence-electron chi connectivity index (χ4n) is 2.24. The first-order valence-electron chi connectivity index (χ1n) is 7.37. The van der Waals surface area contributed by atoms with E-state index in [-0.39, 0.29) is 5.82 Å². The molecule has 122 valence electrons. The van der Waals surface area contributed by atoms with Gasteiger partial charge < -0.3 is 15.4 Å². The highest BCUT2D eigenvalue weighted by atomic mass is 79.9. The van der Waals surface area contributed by atoms with Gasteiger partial charge in [-0.2, -0.15) is 0 Å². The summed E-state index contributed by atoms with van der Waals surface area (Å²) in [6.07, 6.45) is 0. The van der Waals surface area contributed by atoms with Crippen LogP contribution >= 0.6 is 15.9 Å². The molecule has 7 heteroatoms. The molecule has 2 rings (SSSR count). The van der Waals surface area contributed by atoms with Gasteiger partial charge in [0.1, 0.15) is 5.82 Å². The average molecular weight is 373 g/mol. The predicted octanol–water partition coefficient (Wildman–Crippen LogP) is 1.59. The molecule has 1 aliphatic rings. The van der Waals surface area contributed by atoms with Crippen LogP contribution in [0.5, 0.6) is 0 Å². The summed E-state index contributed by atoms with van der Waals surface area (Å²) in [4.78, 5) is 6.50. The second-order valence-electron chi connectivity index (χ2n) is 5.04. The van der Waals surface area contributed by atoms with E-state index in [1.165, 1.54) is 6.07 Å². The molecule has 1 saturated heterocycles. The van der Waals surface area contributed by atoms with E-state index in [1.807, 2.05) is 0 Å². The van der Waals surface area contributed by atoms with Crippen molar-refractivity contribution < 1.29 is 9.13 Å². The Kier molecular flexibility index (Phi) is 7.08. The molecule has 0 saturated carbocycles. The van der Waals surface area contributed by atoms with Crippen LogP contribution in [0.25, 0.3) is 0 Å².